The zero-order valence-electron chi connectivity index (χ0n) is 19.5. The van der Waals surface area contributed by atoms with Crippen LogP contribution in [0, 0.1) is 17.6 Å². The van der Waals surface area contributed by atoms with E-state index in [2.05, 4.69) is 0 Å². The number of anilines is 1. The van der Waals surface area contributed by atoms with Crippen LogP contribution < -0.4 is 14.4 Å². The lowest BCUT2D eigenvalue weighted by molar-refractivity contribution is -0.158. The largest absolute Gasteiger partial charge is 0.490 e. The molecule has 0 radical (unpaired) electrons. The number of halogens is 2. The van der Waals surface area contributed by atoms with Gasteiger partial charge in [-0.15, -0.1) is 0 Å². The second-order valence-corrected chi connectivity index (χ2v) is 8.23. The van der Waals surface area contributed by atoms with Crippen molar-refractivity contribution in [3.8, 4) is 11.5 Å². The van der Waals surface area contributed by atoms with Crippen molar-refractivity contribution in [2.24, 2.45) is 5.92 Å². The molecule has 0 aliphatic carbocycles. The average molecular weight is 495 g/mol. The van der Waals surface area contributed by atoms with Crippen LogP contribution in [0.2, 0.25) is 0 Å². The number of nitrogens with zero attached hydrogens (tertiary/aromatic N) is 1. The van der Waals surface area contributed by atoms with E-state index in [0.717, 1.165) is 0 Å². The van der Waals surface area contributed by atoms with Crippen LogP contribution in [0.1, 0.15) is 25.5 Å². The number of β-lactam (4-membered cyclic amide) rings is 1. The number of ether oxygens (including phenoxy) is 3. The summed E-state index contributed by atoms with van der Waals surface area (Å²) >= 11 is 0. The lowest BCUT2D eigenvalue weighted by Gasteiger charge is -2.49. The maximum absolute atomic E-state index is 13.5. The maximum atomic E-state index is 13.5. The standard InChI is InChI=1S/C27H23F2NO6/c1-16(31)35-23-11-3-18(4-12-23)26-25(27(33)30(26)21-9-5-19(28)6-10-21)24(36-17(2)32)15-34-22-13-7-20(29)8-14-22/h3-14,24-26H,15H2,1-2H3/t24-,25-,26-/m1/s1. The van der Waals surface area contributed by atoms with E-state index in [1.807, 2.05) is 0 Å². The third-order valence-corrected chi connectivity index (χ3v) is 5.67. The van der Waals surface area contributed by atoms with Gasteiger partial charge >= 0.3 is 11.9 Å². The first-order chi connectivity index (χ1) is 17.2. The second kappa shape index (κ2) is 10.6. The molecule has 0 spiro atoms. The molecule has 3 aromatic carbocycles. The van der Waals surface area contributed by atoms with Crippen molar-refractivity contribution in [3.63, 3.8) is 0 Å². The highest BCUT2D eigenvalue weighted by molar-refractivity contribution is 6.03. The van der Waals surface area contributed by atoms with E-state index in [1.54, 1.807) is 24.3 Å². The number of rotatable bonds is 8. The van der Waals surface area contributed by atoms with Crippen LogP contribution in [0.3, 0.4) is 0 Å². The van der Waals surface area contributed by atoms with Gasteiger partial charge in [-0.25, -0.2) is 8.78 Å². The quantitative estimate of drug-likeness (QED) is 0.258. The number of esters is 2. The third-order valence-electron chi connectivity index (χ3n) is 5.67. The van der Waals surface area contributed by atoms with Crippen LogP contribution in [0.25, 0.3) is 0 Å². The van der Waals surface area contributed by atoms with E-state index in [9.17, 15) is 23.2 Å². The highest BCUT2D eigenvalue weighted by Gasteiger charge is 2.54. The predicted octanol–water partition coefficient (Wildman–Crippen LogP) is 4.60. The lowest BCUT2D eigenvalue weighted by Crippen LogP contribution is -2.61. The predicted molar refractivity (Wildman–Crippen MR) is 125 cm³/mol. The Labute approximate surface area is 206 Å². The molecule has 1 saturated heterocycles. The Balaban J connectivity index is 1.65. The number of benzene rings is 3. The van der Waals surface area contributed by atoms with Gasteiger partial charge in [0.15, 0.2) is 0 Å². The zero-order chi connectivity index (χ0) is 25.8. The minimum Gasteiger partial charge on any atom is -0.490 e. The van der Waals surface area contributed by atoms with Gasteiger partial charge in [-0.3, -0.25) is 14.4 Å². The molecule has 1 amide bonds. The van der Waals surface area contributed by atoms with Crippen molar-refractivity contribution in [3.05, 3.63) is 90.0 Å². The van der Waals surface area contributed by atoms with Crippen LogP contribution in [0.15, 0.2) is 72.8 Å². The van der Waals surface area contributed by atoms with Crippen LogP contribution in [-0.2, 0) is 19.1 Å². The SMILES string of the molecule is CC(=O)Oc1ccc([C@@H]2[C@@H]([C@@H](COc3ccc(F)cc3)OC(C)=O)C(=O)N2c2ccc(F)cc2)cc1. The Morgan fingerprint density at radius 2 is 1.39 bits per heavy atom. The second-order valence-electron chi connectivity index (χ2n) is 8.23. The molecule has 0 N–H and O–H groups in total. The molecule has 0 bridgehead atoms. The van der Waals surface area contributed by atoms with Gasteiger partial charge in [-0.1, -0.05) is 12.1 Å². The Hall–Kier alpha value is -4.27. The first-order valence-electron chi connectivity index (χ1n) is 11.2. The fraction of sp³-hybridized carbons (Fsp3) is 0.222. The fourth-order valence-electron chi connectivity index (χ4n) is 4.15. The van der Waals surface area contributed by atoms with Gasteiger partial charge < -0.3 is 19.1 Å². The summed E-state index contributed by atoms with van der Waals surface area (Å²) in [5.41, 5.74) is 1.14. The maximum Gasteiger partial charge on any atom is 0.308 e. The van der Waals surface area contributed by atoms with Crippen molar-refractivity contribution in [1.82, 2.24) is 0 Å². The van der Waals surface area contributed by atoms with E-state index < -0.39 is 41.6 Å². The minimum absolute atomic E-state index is 0.152. The van der Waals surface area contributed by atoms with Crippen molar-refractivity contribution in [1.29, 1.82) is 0 Å². The van der Waals surface area contributed by atoms with Gasteiger partial charge in [0.25, 0.3) is 0 Å². The minimum atomic E-state index is -0.963. The molecule has 1 aliphatic heterocycles. The Morgan fingerprint density at radius 3 is 1.94 bits per heavy atom. The van der Waals surface area contributed by atoms with Crippen LogP contribution in [-0.4, -0.2) is 30.6 Å². The van der Waals surface area contributed by atoms with E-state index in [0.29, 0.717) is 22.7 Å². The molecule has 0 unspecified atom stereocenters. The van der Waals surface area contributed by atoms with E-state index in [1.165, 1.54) is 67.3 Å². The average Bonchev–Trinajstić information content (AvgIpc) is 2.83. The molecule has 3 aromatic rings. The summed E-state index contributed by atoms with van der Waals surface area (Å²) in [4.78, 5) is 38.0. The smallest absolute Gasteiger partial charge is 0.308 e. The van der Waals surface area contributed by atoms with Crippen LogP contribution >= 0.6 is 0 Å². The summed E-state index contributed by atoms with van der Waals surface area (Å²) in [6, 6.07) is 16.8. The Morgan fingerprint density at radius 1 is 0.833 bits per heavy atom. The molecule has 1 aliphatic rings. The molecular weight excluding hydrogens is 472 g/mol. The van der Waals surface area contributed by atoms with E-state index in [4.69, 9.17) is 14.2 Å². The van der Waals surface area contributed by atoms with Crippen molar-refractivity contribution in [2.75, 3.05) is 11.5 Å². The van der Waals surface area contributed by atoms with Crippen molar-refractivity contribution >= 4 is 23.5 Å². The van der Waals surface area contributed by atoms with Crippen molar-refractivity contribution in [2.45, 2.75) is 26.0 Å². The number of carbonyl (C=O) groups is 3. The summed E-state index contributed by atoms with van der Waals surface area (Å²) in [5.74, 6) is -2.43. The molecule has 36 heavy (non-hydrogen) atoms. The normalized spacial score (nSPS) is 17.7. The number of hydrogen-bond donors (Lipinski definition) is 0. The molecular formula is C27H23F2NO6. The Kier molecular flexibility index (Phi) is 7.28. The summed E-state index contributed by atoms with van der Waals surface area (Å²) in [5, 5.41) is 0. The molecule has 3 atom stereocenters. The molecule has 0 saturated carbocycles. The van der Waals surface area contributed by atoms with Crippen molar-refractivity contribution < 1.29 is 37.4 Å². The van der Waals surface area contributed by atoms with Gasteiger partial charge in [0, 0.05) is 19.5 Å². The lowest BCUT2D eigenvalue weighted by atomic mass is 9.78. The zero-order valence-corrected chi connectivity index (χ0v) is 19.5. The first kappa shape index (κ1) is 24.8. The van der Waals surface area contributed by atoms with E-state index in [-0.39, 0.29) is 12.5 Å². The van der Waals surface area contributed by atoms with Gasteiger partial charge in [-0.2, -0.15) is 0 Å². The molecule has 4 rings (SSSR count). The molecule has 186 valence electrons. The summed E-state index contributed by atoms with van der Waals surface area (Å²) in [6.45, 7) is 2.37. The first-order valence-corrected chi connectivity index (χ1v) is 11.2. The van der Waals surface area contributed by atoms with Crippen LogP contribution in [0.5, 0.6) is 11.5 Å². The van der Waals surface area contributed by atoms with Gasteiger partial charge in [-0.05, 0) is 66.2 Å². The van der Waals surface area contributed by atoms with Gasteiger partial charge in [0.2, 0.25) is 5.91 Å². The van der Waals surface area contributed by atoms with Gasteiger partial charge in [0.05, 0.1) is 6.04 Å². The summed E-state index contributed by atoms with van der Waals surface area (Å²) in [6.07, 6.45) is -0.963. The number of hydrogen-bond acceptors (Lipinski definition) is 6. The number of carbonyl (C=O) groups excluding carboxylic acids is 3. The van der Waals surface area contributed by atoms with Crippen LogP contribution in [0.4, 0.5) is 14.5 Å². The third kappa shape index (κ3) is 5.51. The topological polar surface area (TPSA) is 82.1 Å². The monoisotopic (exact) mass is 495 g/mol. The summed E-state index contributed by atoms with van der Waals surface area (Å²) in [7, 11) is 0. The van der Waals surface area contributed by atoms with E-state index >= 15 is 0 Å². The fourth-order valence-corrected chi connectivity index (χ4v) is 4.15. The Bertz CT molecular complexity index is 1240. The molecule has 7 nitrogen and oxygen atoms in total. The highest BCUT2D eigenvalue weighted by Crippen LogP contribution is 2.46. The summed E-state index contributed by atoms with van der Waals surface area (Å²) < 4.78 is 43.1. The molecule has 0 aromatic heterocycles. The highest BCUT2D eigenvalue weighted by atomic mass is 19.1. The molecule has 9 heteroatoms. The van der Waals surface area contributed by atoms with Gasteiger partial charge in [0.1, 0.15) is 41.8 Å². The number of amides is 1. The molecule has 1 heterocycles. The molecule has 1 fully saturated rings.